The van der Waals surface area contributed by atoms with Crippen molar-refractivity contribution in [3.05, 3.63) is 28.6 Å². The second kappa shape index (κ2) is 7.83. The zero-order valence-electron chi connectivity index (χ0n) is 15.1. The fourth-order valence-corrected chi connectivity index (χ4v) is 3.98. The Labute approximate surface area is 159 Å². The number of imide groups is 1. The number of benzene rings is 1. The van der Waals surface area contributed by atoms with E-state index in [0.29, 0.717) is 4.80 Å². The molecule has 0 bridgehead atoms. The first-order valence-electron chi connectivity index (χ1n) is 8.55. The summed E-state index contributed by atoms with van der Waals surface area (Å²) in [5, 5.41) is 0. The van der Waals surface area contributed by atoms with Crippen LogP contribution in [0.1, 0.15) is 25.3 Å². The van der Waals surface area contributed by atoms with Crippen LogP contribution in [-0.2, 0) is 30.5 Å². The van der Waals surface area contributed by atoms with E-state index in [4.69, 9.17) is 4.74 Å². The molecule has 0 aliphatic carbocycles. The fourth-order valence-electron chi connectivity index (χ4n) is 2.83. The van der Waals surface area contributed by atoms with Crippen molar-refractivity contribution in [1.29, 1.82) is 0 Å². The summed E-state index contributed by atoms with van der Waals surface area (Å²) in [6, 6.07) is 5.71. The van der Waals surface area contributed by atoms with E-state index in [1.165, 1.54) is 11.3 Å². The van der Waals surface area contributed by atoms with Crippen molar-refractivity contribution >= 4 is 45.2 Å². The van der Waals surface area contributed by atoms with Crippen LogP contribution in [0.3, 0.4) is 0 Å². The third kappa shape index (κ3) is 4.13. The maximum absolute atomic E-state index is 12.3. The molecule has 27 heavy (non-hydrogen) atoms. The van der Waals surface area contributed by atoms with E-state index in [1.807, 2.05) is 25.1 Å². The predicted octanol–water partition coefficient (Wildman–Crippen LogP) is 1.15. The minimum Gasteiger partial charge on any atom is -0.465 e. The Morgan fingerprint density at radius 1 is 1.19 bits per heavy atom. The molecule has 9 heteroatoms. The number of fused-ring (bicyclic) bond motifs is 1. The van der Waals surface area contributed by atoms with Gasteiger partial charge in [-0.1, -0.05) is 17.4 Å². The van der Waals surface area contributed by atoms with Gasteiger partial charge >= 0.3 is 5.97 Å². The topological polar surface area (TPSA) is 98.0 Å². The zero-order chi connectivity index (χ0) is 19.6. The van der Waals surface area contributed by atoms with Crippen LogP contribution in [0.4, 0.5) is 0 Å². The monoisotopic (exact) mass is 389 g/mol. The van der Waals surface area contributed by atoms with Crippen LogP contribution in [0.5, 0.6) is 0 Å². The number of aromatic nitrogens is 1. The van der Waals surface area contributed by atoms with Gasteiger partial charge in [-0.25, -0.2) is 0 Å². The van der Waals surface area contributed by atoms with Gasteiger partial charge in [0, 0.05) is 12.8 Å². The third-order valence-electron chi connectivity index (χ3n) is 4.10. The summed E-state index contributed by atoms with van der Waals surface area (Å²) >= 11 is 1.27. The average Bonchev–Trinajstić information content (AvgIpc) is 3.09. The molecule has 1 aromatic heterocycles. The summed E-state index contributed by atoms with van der Waals surface area (Å²) < 4.78 is 7.49. The molecule has 0 N–H and O–H groups in total. The molecule has 0 radical (unpaired) electrons. The Bertz CT molecular complexity index is 988. The molecule has 0 spiro atoms. The molecule has 1 saturated heterocycles. The normalized spacial score (nSPS) is 15.0. The van der Waals surface area contributed by atoms with Crippen molar-refractivity contribution in [2.45, 2.75) is 33.2 Å². The summed E-state index contributed by atoms with van der Waals surface area (Å²) in [6.07, 6.45) is 0.244. The maximum Gasteiger partial charge on any atom is 0.326 e. The SMILES string of the molecule is CCOC(=O)Cn1c(=NC(=O)CN2C(=O)CCC2=O)sc2cc(C)ccc21. The van der Waals surface area contributed by atoms with Gasteiger partial charge in [0.25, 0.3) is 5.91 Å². The zero-order valence-corrected chi connectivity index (χ0v) is 15.9. The number of thiazole rings is 1. The number of hydrogen-bond acceptors (Lipinski definition) is 6. The lowest BCUT2D eigenvalue weighted by molar-refractivity contribution is -0.144. The van der Waals surface area contributed by atoms with Gasteiger partial charge in [0.05, 0.1) is 16.8 Å². The van der Waals surface area contributed by atoms with E-state index in [9.17, 15) is 19.2 Å². The van der Waals surface area contributed by atoms with E-state index in [2.05, 4.69) is 4.99 Å². The van der Waals surface area contributed by atoms with Crippen molar-refractivity contribution in [3.63, 3.8) is 0 Å². The Hall–Kier alpha value is -2.81. The van der Waals surface area contributed by atoms with Gasteiger partial charge in [0.1, 0.15) is 13.1 Å². The standard InChI is InChI=1S/C18H19N3O5S/c1-3-26-17(25)10-20-12-5-4-11(2)8-13(12)27-18(20)19-14(22)9-21-15(23)6-7-16(21)24/h4-5,8H,3,6-7,9-10H2,1-2H3. The number of rotatable bonds is 5. The summed E-state index contributed by atoms with van der Waals surface area (Å²) in [5.74, 6) is -1.78. The molecular formula is C18H19N3O5S. The first kappa shape index (κ1) is 19.0. The van der Waals surface area contributed by atoms with Crippen LogP contribution < -0.4 is 4.80 Å². The van der Waals surface area contributed by atoms with E-state index in [1.54, 1.807) is 11.5 Å². The predicted molar refractivity (Wildman–Crippen MR) is 97.7 cm³/mol. The number of ether oxygens (including phenoxy) is 1. The molecule has 1 aliphatic rings. The number of carbonyl (C=O) groups excluding carboxylic acids is 4. The van der Waals surface area contributed by atoms with Gasteiger partial charge in [-0.15, -0.1) is 0 Å². The number of nitrogens with zero attached hydrogens (tertiary/aromatic N) is 3. The van der Waals surface area contributed by atoms with Crippen LogP contribution in [0.15, 0.2) is 23.2 Å². The Morgan fingerprint density at radius 3 is 2.56 bits per heavy atom. The number of hydrogen-bond donors (Lipinski definition) is 0. The lowest BCUT2D eigenvalue weighted by Crippen LogP contribution is -2.34. The molecule has 8 nitrogen and oxygen atoms in total. The summed E-state index contributed by atoms with van der Waals surface area (Å²) in [6.45, 7) is 3.46. The van der Waals surface area contributed by atoms with Crippen LogP contribution in [0.2, 0.25) is 0 Å². The first-order chi connectivity index (χ1) is 12.9. The van der Waals surface area contributed by atoms with E-state index < -0.39 is 11.9 Å². The molecule has 1 aliphatic heterocycles. The highest BCUT2D eigenvalue weighted by atomic mass is 32.1. The molecule has 1 fully saturated rings. The Kier molecular flexibility index (Phi) is 5.50. The van der Waals surface area contributed by atoms with Gasteiger partial charge < -0.3 is 9.30 Å². The maximum atomic E-state index is 12.3. The van der Waals surface area contributed by atoms with Crippen molar-refractivity contribution < 1.29 is 23.9 Å². The van der Waals surface area contributed by atoms with Crippen LogP contribution in [0.25, 0.3) is 10.2 Å². The highest BCUT2D eigenvalue weighted by molar-refractivity contribution is 7.16. The van der Waals surface area contributed by atoms with Gasteiger partial charge in [0.2, 0.25) is 11.8 Å². The molecule has 142 valence electrons. The highest BCUT2D eigenvalue weighted by Gasteiger charge is 2.30. The smallest absolute Gasteiger partial charge is 0.326 e. The number of likely N-dealkylation sites (tertiary alicyclic amines) is 1. The van der Waals surface area contributed by atoms with Gasteiger partial charge in [0.15, 0.2) is 4.80 Å². The second-order valence-corrected chi connectivity index (χ2v) is 7.14. The molecule has 0 atom stereocenters. The average molecular weight is 389 g/mol. The molecule has 0 saturated carbocycles. The molecular weight excluding hydrogens is 370 g/mol. The first-order valence-corrected chi connectivity index (χ1v) is 9.37. The minimum atomic E-state index is -0.612. The lowest BCUT2D eigenvalue weighted by Gasteiger charge is -2.10. The number of aryl methyl sites for hydroxylation is 1. The van der Waals surface area contributed by atoms with E-state index in [-0.39, 0.29) is 44.4 Å². The Morgan fingerprint density at radius 2 is 1.89 bits per heavy atom. The Balaban J connectivity index is 1.97. The number of carbonyl (C=O) groups is 4. The third-order valence-corrected chi connectivity index (χ3v) is 5.14. The molecule has 2 heterocycles. The summed E-state index contributed by atoms with van der Waals surface area (Å²) in [7, 11) is 0. The van der Waals surface area contributed by atoms with E-state index in [0.717, 1.165) is 20.7 Å². The molecule has 2 aromatic rings. The van der Waals surface area contributed by atoms with Crippen LogP contribution >= 0.6 is 11.3 Å². The highest BCUT2D eigenvalue weighted by Crippen LogP contribution is 2.19. The van der Waals surface area contributed by atoms with Crippen molar-refractivity contribution in [2.75, 3.05) is 13.2 Å². The van der Waals surface area contributed by atoms with Gasteiger partial charge in [-0.3, -0.25) is 24.1 Å². The van der Waals surface area contributed by atoms with Crippen molar-refractivity contribution in [3.8, 4) is 0 Å². The molecule has 0 unspecified atom stereocenters. The minimum absolute atomic E-state index is 0.0788. The van der Waals surface area contributed by atoms with Crippen LogP contribution in [-0.4, -0.2) is 46.3 Å². The quantitative estimate of drug-likeness (QED) is 0.564. The van der Waals surface area contributed by atoms with Crippen molar-refractivity contribution in [1.82, 2.24) is 9.47 Å². The van der Waals surface area contributed by atoms with Crippen LogP contribution in [0, 0.1) is 6.92 Å². The molecule has 3 amide bonds. The summed E-state index contributed by atoms with van der Waals surface area (Å²) in [4.78, 5) is 53.0. The molecule has 3 rings (SSSR count). The number of amides is 3. The van der Waals surface area contributed by atoms with Gasteiger partial charge in [-0.05, 0) is 31.5 Å². The van der Waals surface area contributed by atoms with E-state index >= 15 is 0 Å². The largest absolute Gasteiger partial charge is 0.465 e. The lowest BCUT2D eigenvalue weighted by atomic mass is 10.2. The number of esters is 1. The second-order valence-electron chi connectivity index (χ2n) is 6.13. The van der Waals surface area contributed by atoms with Crippen molar-refractivity contribution in [2.24, 2.45) is 4.99 Å². The summed E-state index contributed by atoms with van der Waals surface area (Å²) in [5.41, 5.74) is 1.80. The fraction of sp³-hybridized carbons (Fsp3) is 0.389. The van der Waals surface area contributed by atoms with Gasteiger partial charge in [-0.2, -0.15) is 4.99 Å². The molecule has 1 aromatic carbocycles.